The first kappa shape index (κ1) is 14.7. The number of nitrogens with zero attached hydrogens (tertiary/aromatic N) is 2. The highest BCUT2D eigenvalue weighted by molar-refractivity contribution is 7.98. The Kier molecular flexibility index (Phi) is 4.15. The summed E-state index contributed by atoms with van der Waals surface area (Å²) in [5.74, 6) is 2.24. The second-order valence-corrected chi connectivity index (χ2v) is 5.92. The molecule has 0 N–H and O–H groups in total. The Hall–Kier alpha value is -2.27. The molecule has 1 heterocycles. The van der Waals surface area contributed by atoms with Gasteiger partial charge in [-0.1, -0.05) is 12.1 Å². The van der Waals surface area contributed by atoms with Crippen molar-refractivity contribution >= 4 is 22.7 Å². The Morgan fingerprint density at radius 1 is 1.14 bits per heavy atom. The summed E-state index contributed by atoms with van der Waals surface area (Å²) in [5, 5.41) is 0.656. The van der Waals surface area contributed by atoms with E-state index in [2.05, 4.69) is 4.98 Å². The second-order valence-electron chi connectivity index (χ2n) is 4.87. The van der Waals surface area contributed by atoms with Gasteiger partial charge in [-0.05, 0) is 36.4 Å². The quantitative estimate of drug-likeness (QED) is 0.694. The first-order valence-corrected chi connectivity index (χ1v) is 7.89. The van der Waals surface area contributed by atoms with E-state index in [-0.39, 0.29) is 5.56 Å². The van der Waals surface area contributed by atoms with E-state index in [0.717, 1.165) is 22.0 Å². The minimum Gasteiger partial charge on any atom is -0.497 e. The van der Waals surface area contributed by atoms with Gasteiger partial charge in [0.15, 0.2) is 0 Å². The molecule has 3 rings (SSSR count). The fourth-order valence-electron chi connectivity index (χ4n) is 2.21. The van der Waals surface area contributed by atoms with Crippen LogP contribution in [0.4, 0.5) is 0 Å². The molecule has 0 spiro atoms. The zero-order chi connectivity index (χ0) is 15.5. The van der Waals surface area contributed by atoms with E-state index in [9.17, 15) is 4.79 Å². The Labute approximate surface area is 132 Å². The average molecular weight is 312 g/mol. The van der Waals surface area contributed by atoms with Crippen LogP contribution < -0.4 is 10.3 Å². The van der Waals surface area contributed by atoms with Gasteiger partial charge in [0.2, 0.25) is 0 Å². The lowest BCUT2D eigenvalue weighted by Crippen LogP contribution is -2.21. The molecule has 0 bridgehead atoms. The average Bonchev–Trinajstić information content (AvgIpc) is 2.57. The molecule has 0 radical (unpaired) electrons. The maximum Gasteiger partial charge on any atom is 0.261 e. The number of para-hydroxylation sites is 1. The topological polar surface area (TPSA) is 44.1 Å². The minimum absolute atomic E-state index is 0.00377. The predicted octanol–water partition coefficient (Wildman–Crippen LogP) is 3.23. The van der Waals surface area contributed by atoms with E-state index in [4.69, 9.17) is 4.74 Å². The third-order valence-electron chi connectivity index (χ3n) is 3.50. The van der Waals surface area contributed by atoms with Gasteiger partial charge in [0.25, 0.3) is 5.56 Å². The van der Waals surface area contributed by atoms with Crippen LogP contribution in [-0.4, -0.2) is 16.7 Å². The lowest BCUT2D eigenvalue weighted by atomic mass is 10.2. The van der Waals surface area contributed by atoms with E-state index in [1.54, 1.807) is 30.5 Å². The number of fused-ring (bicyclic) bond motifs is 1. The SMILES string of the molecule is COc1ccc(SCc2nc3ccccc3c(=O)n2C)cc1. The third-order valence-corrected chi connectivity index (χ3v) is 4.51. The molecule has 5 heteroatoms. The first-order valence-electron chi connectivity index (χ1n) is 6.90. The van der Waals surface area contributed by atoms with Crippen LogP contribution in [0.25, 0.3) is 10.9 Å². The van der Waals surface area contributed by atoms with Crippen LogP contribution in [0.2, 0.25) is 0 Å². The highest BCUT2D eigenvalue weighted by Crippen LogP contribution is 2.24. The number of methoxy groups -OCH3 is 1. The summed E-state index contributed by atoms with van der Waals surface area (Å²) in [6, 6.07) is 15.3. The van der Waals surface area contributed by atoms with Gasteiger partial charge in [0, 0.05) is 11.9 Å². The molecule has 4 nitrogen and oxygen atoms in total. The largest absolute Gasteiger partial charge is 0.497 e. The maximum absolute atomic E-state index is 12.3. The van der Waals surface area contributed by atoms with E-state index in [1.807, 2.05) is 48.5 Å². The molecule has 3 aromatic rings. The van der Waals surface area contributed by atoms with Crippen molar-refractivity contribution in [1.82, 2.24) is 9.55 Å². The van der Waals surface area contributed by atoms with Gasteiger partial charge in [-0.15, -0.1) is 11.8 Å². The van der Waals surface area contributed by atoms with E-state index < -0.39 is 0 Å². The summed E-state index contributed by atoms with van der Waals surface area (Å²) in [6.45, 7) is 0. The molecule has 0 fully saturated rings. The van der Waals surface area contributed by atoms with Gasteiger partial charge in [-0.3, -0.25) is 9.36 Å². The van der Waals surface area contributed by atoms with Crippen LogP contribution in [0, 0.1) is 0 Å². The maximum atomic E-state index is 12.3. The highest BCUT2D eigenvalue weighted by atomic mass is 32.2. The minimum atomic E-state index is -0.00377. The fourth-order valence-corrected chi connectivity index (χ4v) is 3.10. The molecule has 0 saturated carbocycles. The van der Waals surface area contributed by atoms with E-state index in [0.29, 0.717) is 11.1 Å². The molecule has 1 aromatic heterocycles. The summed E-state index contributed by atoms with van der Waals surface area (Å²) in [7, 11) is 3.42. The number of thioether (sulfide) groups is 1. The van der Waals surface area contributed by atoms with Gasteiger partial charge < -0.3 is 4.74 Å². The van der Waals surface area contributed by atoms with Crippen LogP contribution in [0.15, 0.2) is 58.2 Å². The Morgan fingerprint density at radius 3 is 2.59 bits per heavy atom. The number of ether oxygens (including phenoxy) is 1. The second kappa shape index (κ2) is 6.23. The Bertz CT molecular complexity index is 857. The molecule has 112 valence electrons. The number of hydrogen-bond acceptors (Lipinski definition) is 4. The van der Waals surface area contributed by atoms with Crippen molar-refractivity contribution in [2.75, 3.05) is 7.11 Å². The molecule has 0 aliphatic rings. The lowest BCUT2D eigenvalue weighted by Gasteiger charge is -2.09. The molecule has 2 aromatic carbocycles. The van der Waals surface area contributed by atoms with Crippen LogP contribution in [-0.2, 0) is 12.8 Å². The fraction of sp³-hybridized carbons (Fsp3) is 0.176. The normalized spacial score (nSPS) is 10.8. The van der Waals surface area contributed by atoms with E-state index >= 15 is 0 Å². The van der Waals surface area contributed by atoms with Crippen molar-refractivity contribution in [2.45, 2.75) is 10.6 Å². The number of aromatic nitrogens is 2. The van der Waals surface area contributed by atoms with Crippen LogP contribution in [0.1, 0.15) is 5.82 Å². The third kappa shape index (κ3) is 2.85. The first-order chi connectivity index (χ1) is 10.7. The number of hydrogen-bond donors (Lipinski definition) is 0. The molecule has 0 atom stereocenters. The zero-order valence-electron chi connectivity index (χ0n) is 12.4. The van der Waals surface area contributed by atoms with Crippen molar-refractivity contribution in [3.63, 3.8) is 0 Å². The van der Waals surface area contributed by atoms with Gasteiger partial charge >= 0.3 is 0 Å². The molecular formula is C17H16N2O2S. The molecule has 0 aliphatic heterocycles. The Balaban J connectivity index is 1.87. The monoisotopic (exact) mass is 312 g/mol. The van der Waals surface area contributed by atoms with Crippen LogP contribution >= 0.6 is 11.8 Å². The summed E-state index contributed by atoms with van der Waals surface area (Å²) < 4.78 is 6.77. The van der Waals surface area contributed by atoms with Crippen molar-refractivity contribution in [3.8, 4) is 5.75 Å². The predicted molar refractivity (Wildman–Crippen MR) is 89.5 cm³/mol. The standard InChI is InChI=1S/C17H16N2O2S/c1-19-16(11-22-13-9-7-12(21-2)8-10-13)18-15-6-4-3-5-14(15)17(19)20/h3-10H,11H2,1-2H3. The smallest absolute Gasteiger partial charge is 0.261 e. The van der Waals surface area contributed by atoms with Gasteiger partial charge in [0.1, 0.15) is 11.6 Å². The summed E-state index contributed by atoms with van der Waals surface area (Å²) >= 11 is 1.65. The van der Waals surface area contributed by atoms with Crippen molar-refractivity contribution in [2.24, 2.45) is 7.05 Å². The molecule has 0 amide bonds. The van der Waals surface area contributed by atoms with E-state index in [1.165, 1.54) is 0 Å². The van der Waals surface area contributed by atoms with Crippen LogP contribution in [0.3, 0.4) is 0 Å². The zero-order valence-corrected chi connectivity index (χ0v) is 13.3. The van der Waals surface area contributed by atoms with Gasteiger partial charge in [0.05, 0.1) is 23.8 Å². The molecule has 0 saturated heterocycles. The van der Waals surface area contributed by atoms with Crippen LogP contribution in [0.5, 0.6) is 5.75 Å². The van der Waals surface area contributed by atoms with Gasteiger partial charge in [-0.25, -0.2) is 4.98 Å². The summed E-state index contributed by atoms with van der Waals surface area (Å²) in [4.78, 5) is 18.1. The molecular weight excluding hydrogens is 296 g/mol. The highest BCUT2D eigenvalue weighted by Gasteiger charge is 2.08. The van der Waals surface area contributed by atoms with Gasteiger partial charge in [-0.2, -0.15) is 0 Å². The molecule has 0 aliphatic carbocycles. The number of rotatable bonds is 4. The summed E-state index contributed by atoms with van der Waals surface area (Å²) in [5.41, 5.74) is 0.742. The Morgan fingerprint density at radius 2 is 1.86 bits per heavy atom. The molecule has 0 unspecified atom stereocenters. The number of benzene rings is 2. The van der Waals surface area contributed by atoms with Crippen molar-refractivity contribution < 1.29 is 4.74 Å². The molecule has 22 heavy (non-hydrogen) atoms. The van der Waals surface area contributed by atoms with Crippen molar-refractivity contribution in [1.29, 1.82) is 0 Å². The summed E-state index contributed by atoms with van der Waals surface area (Å²) in [6.07, 6.45) is 0. The lowest BCUT2D eigenvalue weighted by molar-refractivity contribution is 0.414. The van der Waals surface area contributed by atoms with Crippen molar-refractivity contribution in [3.05, 3.63) is 64.7 Å².